The minimum absolute atomic E-state index is 0.122. The first-order chi connectivity index (χ1) is 16.7. The van der Waals surface area contributed by atoms with Crippen LogP contribution in [0.15, 0.2) is 60.9 Å². The van der Waals surface area contributed by atoms with Gasteiger partial charge in [0.1, 0.15) is 12.0 Å². The number of anilines is 1. The largest absolute Gasteiger partial charge is 0.346 e. The number of nitrogens with two attached hydrogens (primary N) is 1. The number of aromatic nitrogens is 4. The van der Waals surface area contributed by atoms with Crippen LogP contribution in [0.5, 0.6) is 0 Å². The lowest BCUT2D eigenvalue weighted by Crippen LogP contribution is -2.33. The fraction of sp³-hybridized carbons (Fsp3) is 0.200. The maximum Gasteiger partial charge on any atom is 0.346 e. The van der Waals surface area contributed by atoms with E-state index in [0.29, 0.717) is 36.6 Å². The number of carbonyl (C=O) groups excluding carboxylic acids is 1. The lowest BCUT2D eigenvalue weighted by molar-refractivity contribution is -0.0829. The van der Waals surface area contributed by atoms with Gasteiger partial charge < -0.3 is 11.1 Å². The highest BCUT2D eigenvalue weighted by atomic mass is 16.7. The van der Waals surface area contributed by atoms with Gasteiger partial charge in [-0.05, 0) is 36.2 Å². The number of carbonyl (C=O) groups is 1. The van der Waals surface area contributed by atoms with Crippen molar-refractivity contribution in [3.63, 3.8) is 0 Å². The second kappa shape index (κ2) is 9.70. The molecular formula is C25H23N7O2. The molecule has 4 aromatic rings. The van der Waals surface area contributed by atoms with Crippen LogP contribution in [0.2, 0.25) is 0 Å². The number of hydrogen-bond donors (Lipinski definition) is 3. The predicted octanol–water partition coefficient (Wildman–Crippen LogP) is 3.16. The minimum atomic E-state index is -0.320. The molecule has 5 rings (SSSR count). The Bertz CT molecular complexity index is 1370. The third-order valence-corrected chi connectivity index (χ3v) is 5.55. The number of nitrogens with zero attached hydrogens (tertiary/aromatic N) is 4. The molecule has 1 aliphatic rings. The van der Waals surface area contributed by atoms with Crippen molar-refractivity contribution in [2.24, 2.45) is 5.73 Å². The first-order valence-corrected chi connectivity index (χ1v) is 11.0. The lowest BCUT2D eigenvalue weighted by atomic mass is 10.1. The molecular weight excluding hydrogens is 430 g/mol. The summed E-state index contributed by atoms with van der Waals surface area (Å²) in [5.41, 5.74) is 10.1. The molecule has 1 atom stereocenters. The van der Waals surface area contributed by atoms with E-state index in [1.54, 1.807) is 0 Å². The number of fused-ring (bicyclic) bond motifs is 1. The number of hydrogen-bond acceptors (Lipinski definition) is 6. The van der Waals surface area contributed by atoms with Gasteiger partial charge in [0.15, 0.2) is 5.65 Å². The van der Waals surface area contributed by atoms with Crippen LogP contribution < -0.4 is 11.1 Å². The summed E-state index contributed by atoms with van der Waals surface area (Å²) in [4.78, 5) is 27.0. The molecule has 1 saturated heterocycles. The van der Waals surface area contributed by atoms with Gasteiger partial charge in [0.25, 0.3) is 0 Å². The highest BCUT2D eigenvalue weighted by molar-refractivity contribution is 5.89. The molecule has 0 spiro atoms. The summed E-state index contributed by atoms with van der Waals surface area (Å²) in [6.07, 6.45) is 2.83. The van der Waals surface area contributed by atoms with Gasteiger partial charge in [0, 0.05) is 24.1 Å². The molecule has 0 saturated carbocycles. The van der Waals surface area contributed by atoms with E-state index in [9.17, 15) is 4.79 Å². The van der Waals surface area contributed by atoms with E-state index in [-0.39, 0.29) is 12.1 Å². The van der Waals surface area contributed by atoms with Gasteiger partial charge in [-0.2, -0.15) is 10.2 Å². The molecule has 34 heavy (non-hydrogen) atoms. The Morgan fingerprint density at radius 3 is 2.91 bits per heavy atom. The Balaban J connectivity index is 1.34. The quantitative estimate of drug-likeness (QED) is 0.408. The van der Waals surface area contributed by atoms with Crippen LogP contribution in [0.4, 0.5) is 10.5 Å². The number of H-pyrrole nitrogens is 1. The van der Waals surface area contributed by atoms with Crippen LogP contribution in [0, 0.1) is 11.8 Å². The Hall–Kier alpha value is -4.26. The third kappa shape index (κ3) is 4.45. The maximum atomic E-state index is 12.9. The predicted molar refractivity (Wildman–Crippen MR) is 127 cm³/mol. The molecule has 2 aromatic heterocycles. The van der Waals surface area contributed by atoms with Crippen molar-refractivity contribution < 1.29 is 9.63 Å². The summed E-state index contributed by atoms with van der Waals surface area (Å²) in [6.45, 7) is 0.963. The summed E-state index contributed by atoms with van der Waals surface area (Å²) in [6, 6.07) is 16.8. The molecule has 3 heterocycles. The minimum Gasteiger partial charge on any atom is -0.330 e. The van der Waals surface area contributed by atoms with Crippen LogP contribution in [0.3, 0.4) is 0 Å². The van der Waals surface area contributed by atoms with E-state index in [1.165, 1.54) is 11.4 Å². The number of hydroxylamine groups is 2. The number of benzene rings is 2. The first kappa shape index (κ1) is 21.6. The van der Waals surface area contributed by atoms with Crippen LogP contribution in [-0.4, -0.2) is 44.4 Å². The van der Waals surface area contributed by atoms with E-state index >= 15 is 0 Å². The van der Waals surface area contributed by atoms with E-state index in [1.807, 2.05) is 54.6 Å². The van der Waals surface area contributed by atoms with Gasteiger partial charge >= 0.3 is 6.03 Å². The molecule has 4 N–H and O–H groups in total. The van der Waals surface area contributed by atoms with Gasteiger partial charge in [-0.25, -0.2) is 14.8 Å². The molecule has 1 fully saturated rings. The molecule has 2 amide bonds. The van der Waals surface area contributed by atoms with Crippen molar-refractivity contribution in [2.45, 2.75) is 18.9 Å². The normalized spacial score (nSPS) is 15.2. The molecule has 1 aliphatic heterocycles. The van der Waals surface area contributed by atoms with Crippen molar-refractivity contribution in [3.8, 4) is 11.8 Å². The van der Waals surface area contributed by atoms with Crippen molar-refractivity contribution >= 4 is 22.8 Å². The van der Waals surface area contributed by atoms with Gasteiger partial charge in [0.2, 0.25) is 0 Å². The van der Waals surface area contributed by atoms with E-state index in [0.717, 1.165) is 28.6 Å². The fourth-order valence-corrected chi connectivity index (χ4v) is 3.97. The Morgan fingerprint density at radius 1 is 1.18 bits per heavy atom. The zero-order chi connectivity index (χ0) is 23.3. The third-order valence-electron chi connectivity index (χ3n) is 5.55. The molecule has 9 nitrogen and oxygen atoms in total. The SMILES string of the molecule is NCCc1ncnc2n[nH]c(C#Cc3cccc(NC(=O)N4OCC[C@H]4c4ccccc4)c3)c12. The number of aromatic amines is 1. The average Bonchev–Trinajstić information content (AvgIpc) is 3.52. The van der Waals surface area contributed by atoms with E-state index in [2.05, 4.69) is 37.3 Å². The van der Waals surface area contributed by atoms with Crippen molar-refractivity contribution in [2.75, 3.05) is 18.5 Å². The van der Waals surface area contributed by atoms with Gasteiger partial charge in [0.05, 0.1) is 23.7 Å². The standard InChI is InChI=1S/C25H23N7O2/c26-13-11-20-23-21(30-31-24(23)28-16-27-20)10-9-17-5-4-8-19(15-17)29-25(33)32-22(12-14-34-32)18-6-2-1-3-7-18/h1-8,15-16,22H,11-14,26H2,(H,29,33)(H,27,28,30,31)/t22-/m0/s1. The Labute approximate surface area is 196 Å². The topological polar surface area (TPSA) is 122 Å². The zero-order valence-corrected chi connectivity index (χ0v) is 18.4. The van der Waals surface area contributed by atoms with Gasteiger partial charge in [-0.15, -0.1) is 0 Å². The van der Waals surface area contributed by atoms with Crippen molar-refractivity contribution in [1.82, 2.24) is 25.2 Å². The van der Waals surface area contributed by atoms with Crippen LogP contribution >= 0.6 is 0 Å². The summed E-state index contributed by atoms with van der Waals surface area (Å²) in [5, 5.41) is 12.2. The van der Waals surface area contributed by atoms with Crippen molar-refractivity contribution in [1.29, 1.82) is 0 Å². The summed E-state index contributed by atoms with van der Waals surface area (Å²) in [7, 11) is 0. The number of urea groups is 1. The molecule has 170 valence electrons. The second-order valence-electron chi connectivity index (χ2n) is 7.79. The highest BCUT2D eigenvalue weighted by Gasteiger charge is 2.31. The second-order valence-corrected chi connectivity index (χ2v) is 7.79. The first-order valence-electron chi connectivity index (χ1n) is 11.0. The summed E-state index contributed by atoms with van der Waals surface area (Å²) < 4.78 is 0. The lowest BCUT2D eigenvalue weighted by Gasteiger charge is -2.23. The Morgan fingerprint density at radius 2 is 2.06 bits per heavy atom. The zero-order valence-electron chi connectivity index (χ0n) is 18.4. The summed E-state index contributed by atoms with van der Waals surface area (Å²) >= 11 is 0. The number of nitrogens with one attached hydrogen (secondary N) is 2. The smallest absolute Gasteiger partial charge is 0.330 e. The molecule has 9 heteroatoms. The molecule has 2 aromatic carbocycles. The number of amides is 2. The maximum absolute atomic E-state index is 12.9. The monoisotopic (exact) mass is 453 g/mol. The fourth-order valence-electron chi connectivity index (χ4n) is 3.97. The van der Waals surface area contributed by atoms with Gasteiger partial charge in [-0.1, -0.05) is 42.3 Å². The molecule has 0 unspecified atom stereocenters. The van der Waals surface area contributed by atoms with E-state index < -0.39 is 0 Å². The van der Waals surface area contributed by atoms with Crippen LogP contribution in [0.25, 0.3) is 11.0 Å². The Kier molecular flexibility index (Phi) is 6.16. The van der Waals surface area contributed by atoms with Gasteiger partial charge in [-0.3, -0.25) is 9.94 Å². The van der Waals surface area contributed by atoms with E-state index in [4.69, 9.17) is 10.6 Å². The average molecular weight is 454 g/mol. The molecule has 0 aliphatic carbocycles. The van der Waals surface area contributed by atoms with Crippen LogP contribution in [-0.2, 0) is 11.3 Å². The van der Waals surface area contributed by atoms with Crippen molar-refractivity contribution in [3.05, 3.63) is 83.4 Å². The summed E-state index contributed by atoms with van der Waals surface area (Å²) in [5.74, 6) is 6.23. The molecule has 0 radical (unpaired) electrons. The number of rotatable bonds is 4. The molecule has 0 bridgehead atoms. The van der Waals surface area contributed by atoms with Crippen LogP contribution in [0.1, 0.15) is 35.0 Å². The highest BCUT2D eigenvalue weighted by Crippen LogP contribution is 2.30.